The minimum atomic E-state index is -0.525. The Bertz CT molecular complexity index is 1330. The predicted molar refractivity (Wildman–Crippen MR) is 112 cm³/mol. The summed E-state index contributed by atoms with van der Waals surface area (Å²) in [5.41, 5.74) is 0.648. The number of imidazole rings is 1. The standard InChI is InChI=1S/C21H18ClFN4O3/c1-30-10-9-26-20(28)18-19(27(21(26)29)17-7-5-15(22)6-8-17)24-13-25(18)12-14-3-2-4-16(23)11-14/h2-8,11,13H,9-10,12H2,1H3. The van der Waals surface area contributed by atoms with Gasteiger partial charge in [-0.05, 0) is 42.0 Å². The van der Waals surface area contributed by atoms with Crippen molar-refractivity contribution in [2.45, 2.75) is 13.1 Å². The molecule has 0 saturated carbocycles. The summed E-state index contributed by atoms with van der Waals surface area (Å²) >= 11 is 5.98. The summed E-state index contributed by atoms with van der Waals surface area (Å²) in [5, 5.41) is 0.521. The average molecular weight is 429 g/mol. The van der Waals surface area contributed by atoms with Crippen molar-refractivity contribution in [3.8, 4) is 5.69 Å². The Morgan fingerprint density at radius 3 is 2.60 bits per heavy atom. The molecule has 2 aromatic heterocycles. The second-order valence-electron chi connectivity index (χ2n) is 6.72. The summed E-state index contributed by atoms with van der Waals surface area (Å²) < 4.78 is 22.8. The van der Waals surface area contributed by atoms with Gasteiger partial charge in [0.25, 0.3) is 5.56 Å². The molecule has 0 bridgehead atoms. The molecule has 30 heavy (non-hydrogen) atoms. The number of methoxy groups -OCH3 is 1. The molecular weight excluding hydrogens is 411 g/mol. The lowest BCUT2D eigenvalue weighted by molar-refractivity contribution is 0.184. The van der Waals surface area contributed by atoms with E-state index in [1.807, 2.05) is 0 Å². The number of hydrogen-bond acceptors (Lipinski definition) is 4. The first-order valence-electron chi connectivity index (χ1n) is 9.19. The van der Waals surface area contributed by atoms with Crippen LogP contribution in [0.15, 0.2) is 64.4 Å². The van der Waals surface area contributed by atoms with Crippen LogP contribution in [0, 0.1) is 5.82 Å². The van der Waals surface area contributed by atoms with Crippen LogP contribution in [-0.2, 0) is 17.8 Å². The van der Waals surface area contributed by atoms with Crippen molar-refractivity contribution in [3.63, 3.8) is 0 Å². The first kappa shape index (κ1) is 20.1. The molecule has 0 amide bonds. The van der Waals surface area contributed by atoms with Crippen molar-refractivity contribution in [2.75, 3.05) is 13.7 Å². The third kappa shape index (κ3) is 3.67. The molecule has 0 spiro atoms. The van der Waals surface area contributed by atoms with Crippen molar-refractivity contribution in [1.82, 2.24) is 18.7 Å². The molecule has 4 aromatic rings. The number of ether oxygens (including phenoxy) is 1. The highest BCUT2D eigenvalue weighted by Gasteiger charge is 2.19. The molecule has 0 atom stereocenters. The molecular formula is C21H18ClFN4O3. The summed E-state index contributed by atoms with van der Waals surface area (Å²) in [6.45, 7) is 0.509. The van der Waals surface area contributed by atoms with Crippen LogP contribution in [0.1, 0.15) is 5.56 Å². The van der Waals surface area contributed by atoms with Crippen molar-refractivity contribution in [1.29, 1.82) is 0 Å². The third-order valence-electron chi connectivity index (χ3n) is 4.75. The summed E-state index contributed by atoms with van der Waals surface area (Å²) in [4.78, 5) is 30.6. The van der Waals surface area contributed by atoms with Crippen LogP contribution < -0.4 is 11.2 Å². The molecule has 0 saturated heterocycles. The van der Waals surface area contributed by atoms with Gasteiger partial charge in [-0.1, -0.05) is 23.7 Å². The lowest BCUT2D eigenvalue weighted by Crippen LogP contribution is -2.41. The Morgan fingerprint density at radius 1 is 1.13 bits per heavy atom. The highest BCUT2D eigenvalue weighted by atomic mass is 35.5. The number of fused-ring (bicyclic) bond motifs is 1. The van der Waals surface area contributed by atoms with E-state index >= 15 is 0 Å². The molecule has 9 heteroatoms. The van der Waals surface area contributed by atoms with Crippen molar-refractivity contribution < 1.29 is 9.13 Å². The van der Waals surface area contributed by atoms with Crippen LogP contribution in [0.2, 0.25) is 5.02 Å². The van der Waals surface area contributed by atoms with Gasteiger partial charge in [-0.2, -0.15) is 0 Å². The minimum absolute atomic E-state index is 0.0862. The molecule has 0 aliphatic heterocycles. The Labute approximate surface area is 175 Å². The molecule has 0 aliphatic carbocycles. The fourth-order valence-corrected chi connectivity index (χ4v) is 3.46. The van der Waals surface area contributed by atoms with Crippen LogP contribution >= 0.6 is 11.6 Å². The van der Waals surface area contributed by atoms with Crippen molar-refractivity contribution >= 4 is 22.8 Å². The van der Waals surface area contributed by atoms with Crippen LogP contribution in [-0.4, -0.2) is 32.4 Å². The van der Waals surface area contributed by atoms with Crippen LogP contribution in [0.25, 0.3) is 16.9 Å². The molecule has 2 aromatic carbocycles. The Morgan fingerprint density at radius 2 is 1.90 bits per heavy atom. The van der Waals surface area contributed by atoms with Gasteiger partial charge in [0, 0.05) is 18.7 Å². The molecule has 2 heterocycles. The zero-order valence-electron chi connectivity index (χ0n) is 16.1. The molecule has 154 valence electrons. The van der Waals surface area contributed by atoms with Gasteiger partial charge in [-0.25, -0.2) is 18.7 Å². The maximum Gasteiger partial charge on any atom is 0.337 e. The topological polar surface area (TPSA) is 71.1 Å². The van der Waals surface area contributed by atoms with Crippen molar-refractivity contribution in [3.05, 3.63) is 92.1 Å². The van der Waals surface area contributed by atoms with Gasteiger partial charge in [-0.15, -0.1) is 0 Å². The molecule has 4 rings (SSSR count). The van der Waals surface area contributed by atoms with E-state index in [1.165, 1.54) is 30.1 Å². The van der Waals surface area contributed by atoms with Crippen molar-refractivity contribution in [2.24, 2.45) is 0 Å². The lowest BCUT2D eigenvalue weighted by atomic mass is 10.2. The maximum atomic E-state index is 13.6. The fourth-order valence-electron chi connectivity index (χ4n) is 3.33. The summed E-state index contributed by atoms with van der Waals surface area (Å²) in [6.07, 6.45) is 1.48. The number of halogens is 2. The van der Waals surface area contributed by atoms with Gasteiger partial charge in [0.1, 0.15) is 5.82 Å². The van der Waals surface area contributed by atoms with Gasteiger partial charge in [0.2, 0.25) is 0 Å². The highest BCUT2D eigenvalue weighted by molar-refractivity contribution is 6.30. The minimum Gasteiger partial charge on any atom is -0.383 e. The van der Waals surface area contributed by atoms with Gasteiger partial charge >= 0.3 is 5.69 Å². The van der Waals surface area contributed by atoms with Crippen LogP contribution in [0.4, 0.5) is 4.39 Å². The molecule has 0 unspecified atom stereocenters. The molecule has 0 fully saturated rings. The third-order valence-corrected chi connectivity index (χ3v) is 5.00. The molecule has 0 aliphatic rings. The largest absolute Gasteiger partial charge is 0.383 e. The van der Waals surface area contributed by atoms with Gasteiger partial charge in [-0.3, -0.25) is 9.36 Å². The SMILES string of the molecule is COCCn1c(=O)c2c(ncn2Cc2cccc(F)c2)n(-c2ccc(Cl)cc2)c1=O. The quantitative estimate of drug-likeness (QED) is 0.473. The van der Waals surface area contributed by atoms with E-state index in [-0.39, 0.29) is 36.7 Å². The Hall–Kier alpha value is -3.23. The lowest BCUT2D eigenvalue weighted by Gasteiger charge is -2.12. The summed E-state index contributed by atoms with van der Waals surface area (Å²) in [5.74, 6) is -0.368. The molecule has 0 radical (unpaired) electrons. The Kier molecular flexibility index (Phi) is 5.52. The summed E-state index contributed by atoms with van der Waals surface area (Å²) in [7, 11) is 1.50. The average Bonchev–Trinajstić information content (AvgIpc) is 3.13. The van der Waals surface area contributed by atoms with E-state index in [2.05, 4.69) is 4.98 Å². The van der Waals surface area contributed by atoms with Crippen LogP contribution in [0.3, 0.4) is 0 Å². The number of aromatic nitrogens is 4. The van der Waals surface area contributed by atoms with E-state index in [0.29, 0.717) is 16.3 Å². The van der Waals surface area contributed by atoms with E-state index < -0.39 is 11.2 Å². The molecule has 7 nitrogen and oxygen atoms in total. The zero-order valence-corrected chi connectivity index (χ0v) is 16.8. The smallest absolute Gasteiger partial charge is 0.337 e. The Balaban J connectivity index is 1.96. The van der Waals surface area contributed by atoms with Gasteiger partial charge in [0.15, 0.2) is 11.2 Å². The predicted octanol–water partition coefficient (Wildman–Crippen LogP) is 2.84. The first-order chi connectivity index (χ1) is 14.5. The monoisotopic (exact) mass is 428 g/mol. The van der Waals surface area contributed by atoms with E-state index in [1.54, 1.807) is 41.0 Å². The highest BCUT2D eigenvalue weighted by Crippen LogP contribution is 2.17. The number of benzene rings is 2. The second kappa shape index (κ2) is 8.25. The maximum absolute atomic E-state index is 13.6. The van der Waals surface area contributed by atoms with Gasteiger partial charge < -0.3 is 9.30 Å². The zero-order chi connectivity index (χ0) is 21.3. The molecule has 0 N–H and O–H groups in total. The fraction of sp³-hybridized carbons (Fsp3) is 0.190. The van der Waals surface area contributed by atoms with E-state index in [0.717, 1.165) is 4.57 Å². The van der Waals surface area contributed by atoms with Crippen LogP contribution in [0.5, 0.6) is 0 Å². The number of hydrogen-bond donors (Lipinski definition) is 0. The summed E-state index contributed by atoms with van der Waals surface area (Å²) in [6, 6.07) is 12.8. The number of nitrogens with zero attached hydrogens (tertiary/aromatic N) is 4. The van der Waals surface area contributed by atoms with E-state index in [9.17, 15) is 14.0 Å². The normalized spacial score (nSPS) is 11.3. The van der Waals surface area contributed by atoms with Gasteiger partial charge in [0.05, 0.1) is 25.2 Å². The van der Waals surface area contributed by atoms with E-state index in [4.69, 9.17) is 16.3 Å². The number of rotatable bonds is 6. The first-order valence-corrected chi connectivity index (χ1v) is 9.57. The second-order valence-corrected chi connectivity index (χ2v) is 7.16.